The highest BCUT2D eigenvalue weighted by Crippen LogP contribution is 2.42. The van der Waals surface area contributed by atoms with Crippen molar-refractivity contribution >= 4 is 28.9 Å². The van der Waals surface area contributed by atoms with E-state index in [2.05, 4.69) is 33.2 Å². The highest BCUT2D eigenvalue weighted by Gasteiger charge is 2.41. The van der Waals surface area contributed by atoms with E-state index in [0.29, 0.717) is 22.4 Å². The molecule has 172 valence electrons. The summed E-state index contributed by atoms with van der Waals surface area (Å²) >= 11 is 12.1. The fraction of sp³-hybridized carbons (Fsp3) is 0.192. The Kier molecular flexibility index (Phi) is 5.98. The topological polar surface area (TPSA) is 66.2 Å². The van der Waals surface area contributed by atoms with E-state index in [-0.39, 0.29) is 17.8 Å². The van der Waals surface area contributed by atoms with Crippen LogP contribution in [0.2, 0.25) is 5.02 Å². The molecule has 1 fully saturated rings. The summed E-state index contributed by atoms with van der Waals surface area (Å²) in [4.78, 5) is 11.0. The second-order valence-corrected chi connectivity index (χ2v) is 9.23. The van der Waals surface area contributed by atoms with E-state index >= 15 is 0 Å². The van der Waals surface area contributed by atoms with Gasteiger partial charge in [0.25, 0.3) is 0 Å². The lowest BCUT2D eigenvalue weighted by Gasteiger charge is -2.28. The van der Waals surface area contributed by atoms with E-state index in [4.69, 9.17) is 23.8 Å². The molecular formula is C26H24ClN5OS. The highest BCUT2D eigenvalue weighted by molar-refractivity contribution is 7.80. The summed E-state index contributed by atoms with van der Waals surface area (Å²) in [5.41, 5.74) is 5.79. The number of aryl methyl sites for hydroxylation is 1. The van der Waals surface area contributed by atoms with Crippen molar-refractivity contribution < 1.29 is 5.11 Å². The van der Waals surface area contributed by atoms with Gasteiger partial charge in [0.2, 0.25) is 0 Å². The zero-order valence-corrected chi connectivity index (χ0v) is 20.4. The summed E-state index contributed by atoms with van der Waals surface area (Å²) in [6, 6.07) is 16.9. The Morgan fingerprint density at radius 2 is 1.85 bits per heavy atom. The molecule has 0 amide bonds. The zero-order chi connectivity index (χ0) is 23.8. The number of phenols is 1. The van der Waals surface area contributed by atoms with E-state index in [9.17, 15) is 5.11 Å². The van der Waals surface area contributed by atoms with Gasteiger partial charge in [-0.3, -0.25) is 9.97 Å². The molecule has 1 aromatic carbocycles. The van der Waals surface area contributed by atoms with E-state index in [1.54, 1.807) is 36.8 Å². The average Bonchev–Trinajstić information content (AvgIpc) is 3.31. The smallest absolute Gasteiger partial charge is 0.170 e. The number of halogens is 1. The number of aromatic hydroxyl groups is 1. The predicted molar refractivity (Wildman–Crippen MR) is 137 cm³/mol. The Labute approximate surface area is 208 Å². The van der Waals surface area contributed by atoms with Crippen molar-refractivity contribution in [2.75, 3.05) is 0 Å². The average molecular weight is 490 g/mol. The van der Waals surface area contributed by atoms with Crippen LogP contribution in [-0.2, 0) is 6.54 Å². The second kappa shape index (κ2) is 9.08. The summed E-state index contributed by atoms with van der Waals surface area (Å²) < 4.78 is 2.04. The van der Waals surface area contributed by atoms with Crippen LogP contribution in [-0.4, -0.2) is 29.7 Å². The van der Waals surface area contributed by atoms with Crippen molar-refractivity contribution in [3.05, 3.63) is 106 Å². The number of hydrogen-bond donors (Lipinski definition) is 2. The molecule has 6 nitrogen and oxygen atoms in total. The van der Waals surface area contributed by atoms with Crippen molar-refractivity contribution in [3.8, 4) is 11.4 Å². The van der Waals surface area contributed by atoms with Crippen molar-refractivity contribution in [2.45, 2.75) is 32.5 Å². The molecule has 1 aliphatic heterocycles. The fourth-order valence-electron chi connectivity index (χ4n) is 4.73. The zero-order valence-electron chi connectivity index (χ0n) is 18.8. The van der Waals surface area contributed by atoms with Crippen LogP contribution < -0.4 is 5.32 Å². The maximum atomic E-state index is 10.6. The third-order valence-corrected chi connectivity index (χ3v) is 6.85. The van der Waals surface area contributed by atoms with Gasteiger partial charge >= 0.3 is 0 Å². The molecule has 4 aromatic rings. The SMILES string of the molecule is Cc1cc([C@@H]2[C@H](c3ccccn3)NC(=S)N2Cc2ccncc2)c(C)n1-c1cc(Cl)ccc1O. The monoisotopic (exact) mass is 489 g/mol. The number of pyridine rings is 2. The molecule has 0 saturated carbocycles. The number of nitrogens with zero attached hydrogens (tertiary/aromatic N) is 4. The molecule has 4 heterocycles. The van der Waals surface area contributed by atoms with Crippen LogP contribution >= 0.6 is 23.8 Å². The Hall–Kier alpha value is -3.42. The summed E-state index contributed by atoms with van der Waals surface area (Å²) in [6.45, 7) is 4.72. The Morgan fingerprint density at radius 1 is 1.06 bits per heavy atom. The van der Waals surface area contributed by atoms with E-state index in [0.717, 1.165) is 28.2 Å². The Balaban J connectivity index is 1.64. The third kappa shape index (κ3) is 4.02. The van der Waals surface area contributed by atoms with Crippen LogP contribution in [0.1, 0.15) is 40.3 Å². The lowest BCUT2D eigenvalue weighted by Crippen LogP contribution is -2.29. The first-order valence-electron chi connectivity index (χ1n) is 11.0. The van der Waals surface area contributed by atoms with Crippen LogP contribution in [0.5, 0.6) is 5.75 Å². The number of benzene rings is 1. The molecule has 2 atom stereocenters. The summed E-state index contributed by atoms with van der Waals surface area (Å²) in [5.74, 6) is 0.174. The number of thiocarbonyl (C=S) groups is 1. The van der Waals surface area contributed by atoms with Crippen LogP contribution in [0.15, 0.2) is 73.2 Å². The maximum Gasteiger partial charge on any atom is 0.170 e. The lowest BCUT2D eigenvalue weighted by atomic mass is 9.96. The van der Waals surface area contributed by atoms with Gasteiger partial charge in [0.1, 0.15) is 5.75 Å². The predicted octanol–water partition coefficient (Wildman–Crippen LogP) is 5.42. The first-order valence-corrected chi connectivity index (χ1v) is 11.8. The van der Waals surface area contributed by atoms with Crippen LogP contribution in [0.3, 0.4) is 0 Å². The minimum Gasteiger partial charge on any atom is -0.506 e. The first-order chi connectivity index (χ1) is 16.4. The number of rotatable bonds is 5. The maximum absolute atomic E-state index is 10.6. The Bertz CT molecular complexity index is 1340. The molecule has 34 heavy (non-hydrogen) atoms. The van der Waals surface area contributed by atoms with E-state index in [1.807, 2.05) is 41.8 Å². The van der Waals surface area contributed by atoms with Crippen molar-refractivity contribution in [3.63, 3.8) is 0 Å². The third-order valence-electron chi connectivity index (χ3n) is 6.27. The van der Waals surface area contributed by atoms with E-state index < -0.39 is 0 Å². The number of aromatic nitrogens is 3. The van der Waals surface area contributed by atoms with Gasteiger partial charge in [-0.25, -0.2) is 0 Å². The summed E-state index contributed by atoms with van der Waals surface area (Å²) in [7, 11) is 0. The molecule has 1 saturated heterocycles. The molecule has 8 heteroatoms. The van der Waals surface area contributed by atoms with Crippen molar-refractivity contribution in [2.24, 2.45) is 0 Å². The normalized spacial score (nSPS) is 17.7. The van der Waals surface area contributed by atoms with Gasteiger partial charge in [-0.1, -0.05) is 17.7 Å². The molecule has 0 aliphatic carbocycles. The number of nitrogens with one attached hydrogen (secondary N) is 1. The standard InChI is InChI=1S/C26H24ClN5OS/c1-16-13-20(17(2)32(16)22-14-19(27)6-7-23(22)33)25-24(21-5-3-4-10-29-21)30-26(34)31(25)15-18-8-11-28-12-9-18/h3-14,24-25,33H,15H2,1-2H3,(H,30,34)/t24-,25+/m0/s1. The molecule has 3 aromatic heterocycles. The van der Waals surface area contributed by atoms with Gasteiger partial charge in [-0.05, 0) is 85.7 Å². The van der Waals surface area contributed by atoms with E-state index in [1.165, 1.54) is 0 Å². The highest BCUT2D eigenvalue weighted by atomic mass is 35.5. The minimum atomic E-state index is -0.127. The van der Waals surface area contributed by atoms with Gasteiger partial charge in [-0.2, -0.15) is 0 Å². The second-order valence-electron chi connectivity index (χ2n) is 8.40. The van der Waals surface area contributed by atoms with Gasteiger partial charge in [0.05, 0.1) is 23.5 Å². The molecule has 0 unspecified atom stereocenters. The van der Waals surface area contributed by atoms with Crippen LogP contribution in [0.25, 0.3) is 5.69 Å². The first kappa shape index (κ1) is 22.4. The number of hydrogen-bond acceptors (Lipinski definition) is 4. The molecule has 0 bridgehead atoms. The lowest BCUT2D eigenvalue weighted by molar-refractivity contribution is 0.310. The molecular weight excluding hydrogens is 466 g/mol. The molecule has 0 spiro atoms. The summed E-state index contributed by atoms with van der Waals surface area (Å²) in [5, 5.41) is 15.3. The summed E-state index contributed by atoms with van der Waals surface area (Å²) in [6.07, 6.45) is 5.39. The van der Waals surface area contributed by atoms with Gasteiger partial charge in [0, 0.05) is 41.5 Å². The fourth-order valence-corrected chi connectivity index (χ4v) is 5.20. The van der Waals surface area contributed by atoms with Gasteiger partial charge in [-0.15, -0.1) is 0 Å². The molecule has 2 N–H and O–H groups in total. The van der Waals surface area contributed by atoms with Crippen molar-refractivity contribution in [1.82, 2.24) is 24.8 Å². The van der Waals surface area contributed by atoms with Gasteiger partial charge < -0.3 is 19.9 Å². The van der Waals surface area contributed by atoms with Crippen molar-refractivity contribution in [1.29, 1.82) is 0 Å². The quantitative estimate of drug-likeness (QED) is 0.365. The minimum absolute atomic E-state index is 0.100. The van der Waals surface area contributed by atoms with Crippen LogP contribution in [0, 0.1) is 13.8 Å². The molecule has 0 radical (unpaired) electrons. The Morgan fingerprint density at radius 3 is 2.59 bits per heavy atom. The number of phenolic OH excluding ortho intramolecular Hbond substituents is 1. The molecule has 5 rings (SSSR count). The largest absolute Gasteiger partial charge is 0.506 e. The van der Waals surface area contributed by atoms with Crippen LogP contribution in [0.4, 0.5) is 0 Å². The van der Waals surface area contributed by atoms with Gasteiger partial charge in [0.15, 0.2) is 5.11 Å². The molecule has 1 aliphatic rings.